The van der Waals surface area contributed by atoms with Crippen LogP contribution in [0.5, 0.6) is 0 Å². The van der Waals surface area contributed by atoms with E-state index in [-0.39, 0.29) is 11.5 Å². The SMILES string of the molecule is CC(C)(C)C(N)c1noc(-c2ccc(Cl)cc2)n1. The van der Waals surface area contributed by atoms with Gasteiger partial charge in [-0.3, -0.25) is 0 Å². The first-order chi connectivity index (χ1) is 8.38. The second-order valence-electron chi connectivity index (χ2n) is 5.31. The minimum absolute atomic E-state index is 0.110. The number of hydrogen-bond acceptors (Lipinski definition) is 4. The van der Waals surface area contributed by atoms with Crippen molar-refractivity contribution in [3.63, 3.8) is 0 Å². The summed E-state index contributed by atoms with van der Waals surface area (Å²) in [6, 6.07) is 6.97. The third kappa shape index (κ3) is 2.71. The van der Waals surface area contributed by atoms with Crippen molar-refractivity contribution in [2.75, 3.05) is 0 Å². The first kappa shape index (κ1) is 13.1. The zero-order valence-electron chi connectivity index (χ0n) is 10.6. The Bertz CT molecular complexity index is 528. The van der Waals surface area contributed by atoms with Crippen molar-refractivity contribution in [2.45, 2.75) is 26.8 Å². The summed E-state index contributed by atoms with van der Waals surface area (Å²) in [5.74, 6) is 0.980. The first-order valence-corrected chi connectivity index (χ1v) is 6.11. The molecular formula is C13H16ClN3O. The maximum absolute atomic E-state index is 6.08. The Labute approximate surface area is 111 Å². The van der Waals surface area contributed by atoms with Crippen molar-refractivity contribution in [1.82, 2.24) is 10.1 Å². The fourth-order valence-electron chi connectivity index (χ4n) is 1.46. The average Bonchev–Trinajstić information content (AvgIpc) is 2.77. The summed E-state index contributed by atoms with van der Waals surface area (Å²) in [6.45, 7) is 6.11. The molecule has 0 bridgehead atoms. The van der Waals surface area contributed by atoms with E-state index in [4.69, 9.17) is 21.9 Å². The highest BCUT2D eigenvalue weighted by molar-refractivity contribution is 6.30. The zero-order chi connectivity index (χ0) is 13.3. The Morgan fingerprint density at radius 2 is 1.83 bits per heavy atom. The molecule has 1 atom stereocenters. The third-order valence-corrected chi connectivity index (χ3v) is 3.00. The van der Waals surface area contributed by atoms with Gasteiger partial charge in [-0.1, -0.05) is 37.5 Å². The first-order valence-electron chi connectivity index (χ1n) is 5.73. The quantitative estimate of drug-likeness (QED) is 0.903. The van der Waals surface area contributed by atoms with Crippen LogP contribution in [0.2, 0.25) is 5.02 Å². The topological polar surface area (TPSA) is 64.9 Å². The summed E-state index contributed by atoms with van der Waals surface area (Å²) in [4.78, 5) is 4.33. The van der Waals surface area contributed by atoms with E-state index in [1.807, 2.05) is 32.9 Å². The highest BCUT2D eigenvalue weighted by Crippen LogP contribution is 2.30. The van der Waals surface area contributed by atoms with Crippen LogP contribution >= 0.6 is 11.6 Å². The molecule has 0 radical (unpaired) electrons. The van der Waals surface area contributed by atoms with E-state index in [0.29, 0.717) is 16.7 Å². The molecule has 0 saturated carbocycles. The second-order valence-corrected chi connectivity index (χ2v) is 5.74. The van der Waals surface area contributed by atoms with Crippen molar-refractivity contribution >= 4 is 11.6 Å². The monoisotopic (exact) mass is 265 g/mol. The number of nitrogens with two attached hydrogens (primary N) is 1. The molecule has 4 nitrogen and oxygen atoms in total. The minimum Gasteiger partial charge on any atom is -0.334 e. The van der Waals surface area contributed by atoms with Gasteiger partial charge in [-0.2, -0.15) is 4.98 Å². The van der Waals surface area contributed by atoms with Crippen LogP contribution in [0, 0.1) is 5.41 Å². The Hall–Kier alpha value is -1.39. The molecule has 0 spiro atoms. The van der Waals surface area contributed by atoms with Crippen LogP contribution in [0.15, 0.2) is 28.8 Å². The minimum atomic E-state index is -0.262. The number of nitrogens with zero attached hydrogens (tertiary/aromatic N) is 2. The number of hydrogen-bond donors (Lipinski definition) is 1. The van der Waals surface area contributed by atoms with Gasteiger partial charge in [0.1, 0.15) is 0 Å². The summed E-state index contributed by atoms with van der Waals surface area (Å²) in [6.07, 6.45) is 0. The molecule has 1 unspecified atom stereocenters. The molecule has 96 valence electrons. The average molecular weight is 266 g/mol. The molecule has 18 heavy (non-hydrogen) atoms. The molecule has 0 aliphatic carbocycles. The van der Waals surface area contributed by atoms with Crippen molar-refractivity contribution in [3.05, 3.63) is 35.1 Å². The lowest BCUT2D eigenvalue weighted by atomic mass is 9.87. The molecule has 0 aliphatic heterocycles. The molecule has 2 aromatic rings. The molecule has 0 aliphatic rings. The predicted molar refractivity (Wildman–Crippen MR) is 71.1 cm³/mol. The Kier molecular flexibility index (Phi) is 3.41. The van der Waals surface area contributed by atoms with Crippen LogP contribution in [0.3, 0.4) is 0 Å². The van der Waals surface area contributed by atoms with Crippen LogP contribution in [0.1, 0.15) is 32.6 Å². The van der Waals surface area contributed by atoms with Gasteiger partial charge in [0.05, 0.1) is 6.04 Å². The van der Waals surface area contributed by atoms with Crippen LogP contribution in [0.4, 0.5) is 0 Å². The van der Waals surface area contributed by atoms with Crippen molar-refractivity contribution in [1.29, 1.82) is 0 Å². The molecule has 0 fully saturated rings. The summed E-state index contributed by atoms with van der Waals surface area (Å²) in [5.41, 5.74) is 6.80. The lowest BCUT2D eigenvalue weighted by Crippen LogP contribution is -2.27. The smallest absolute Gasteiger partial charge is 0.257 e. The van der Waals surface area contributed by atoms with E-state index >= 15 is 0 Å². The Balaban J connectivity index is 2.28. The van der Waals surface area contributed by atoms with Gasteiger partial charge in [-0.15, -0.1) is 0 Å². The highest BCUT2D eigenvalue weighted by Gasteiger charge is 2.27. The fraction of sp³-hybridized carbons (Fsp3) is 0.385. The molecular weight excluding hydrogens is 250 g/mol. The van der Waals surface area contributed by atoms with Crippen LogP contribution in [-0.2, 0) is 0 Å². The number of aromatic nitrogens is 2. The van der Waals surface area contributed by atoms with Crippen LogP contribution in [-0.4, -0.2) is 10.1 Å². The summed E-state index contributed by atoms with van der Waals surface area (Å²) >= 11 is 5.83. The van der Waals surface area contributed by atoms with Gasteiger partial charge in [0.15, 0.2) is 5.82 Å². The Morgan fingerprint density at radius 3 is 2.39 bits per heavy atom. The van der Waals surface area contributed by atoms with E-state index in [0.717, 1.165) is 5.56 Å². The van der Waals surface area contributed by atoms with Gasteiger partial charge < -0.3 is 10.3 Å². The van der Waals surface area contributed by atoms with Gasteiger partial charge in [-0.25, -0.2) is 0 Å². The van der Waals surface area contributed by atoms with Crippen LogP contribution in [0.25, 0.3) is 11.5 Å². The normalized spacial score (nSPS) is 13.6. The molecule has 1 aromatic heterocycles. The summed E-state index contributed by atoms with van der Waals surface area (Å²) in [7, 11) is 0. The molecule has 1 heterocycles. The molecule has 2 rings (SSSR count). The summed E-state index contributed by atoms with van der Waals surface area (Å²) in [5, 5.41) is 4.61. The number of benzene rings is 1. The van der Waals surface area contributed by atoms with Gasteiger partial charge in [0, 0.05) is 10.6 Å². The van der Waals surface area contributed by atoms with Gasteiger partial charge in [0.2, 0.25) is 0 Å². The molecule has 0 saturated heterocycles. The summed E-state index contributed by atoms with van der Waals surface area (Å²) < 4.78 is 5.22. The number of halogens is 1. The maximum atomic E-state index is 6.08. The lowest BCUT2D eigenvalue weighted by Gasteiger charge is -2.23. The molecule has 2 N–H and O–H groups in total. The standard InChI is InChI=1S/C13H16ClN3O/c1-13(2,3)10(15)11-16-12(18-17-11)8-4-6-9(14)7-5-8/h4-7,10H,15H2,1-3H3. The van der Waals surface area contributed by atoms with E-state index in [9.17, 15) is 0 Å². The zero-order valence-corrected chi connectivity index (χ0v) is 11.4. The van der Waals surface area contributed by atoms with E-state index in [1.165, 1.54) is 0 Å². The van der Waals surface area contributed by atoms with Crippen LogP contribution < -0.4 is 5.73 Å². The third-order valence-electron chi connectivity index (χ3n) is 2.74. The number of rotatable bonds is 2. The molecule has 0 amide bonds. The van der Waals surface area contributed by atoms with Crippen molar-refractivity contribution < 1.29 is 4.52 Å². The maximum Gasteiger partial charge on any atom is 0.257 e. The fourth-order valence-corrected chi connectivity index (χ4v) is 1.58. The predicted octanol–water partition coefficient (Wildman–Crippen LogP) is 3.44. The van der Waals surface area contributed by atoms with E-state index < -0.39 is 0 Å². The van der Waals surface area contributed by atoms with Gasteiger partial charge in [-0.05, 0) is 29.7 Å². The lowest BCUT2D eigenvalue weighted by molar-refractivity contribution is 0.303. The highest BCUT2D eigenvalue weighted by atomic mass is 35.5. The Morgan fingerprint density at radius 1 is 1.22 bits per heavy atom. The van der Waals surface area contributed by atoms with Crippen molar-refractivity contribution in [3.8, 4) is 11.5 Å². The molecule has 5 heteroatoms. The van der Waals surface area contributed by atoms with E-state index in [2.05, 4.69) is 10.1 Å². The van der Waals surface area contributed by atoms with Crippen molar-refractivity contribution in [2.24, 2.45) is 11.1 Å². The van der Waals surface area contributed by atoms with Gasteiger partial charge in [0.25, 0.3) is 5.89 Å². The largest absolute Gasteiger partial charge is 0.334 e. The molecule has 1 aromatic carbocycles. The van der Waals surface area contributed by atoms with E-state index in [1.54, 1.807) is 12.1 Å². The van der Waals surface area contributed by atoms with Gasteiger partial charge >= 0.3 is 0 Å². The second kappa shape index (κ2) is 4.71.